The molecule has 0 heterocycles. The smallest absolute Gasteiger partial charge is 0.132 e. The maximum Gasteiger partial charge on any atom is 0.132 e. The average molecular weight is 158 g/mol. The molecule has 0 aromatic carbocycles. The van der Waals surface area contributed by atoms with E-state index < -0.39 is 0 Å². The van der Waals surface area contributed by atoms with Crippen molar-refractivity contribution in [3.63, 3.8) is 0 Å². The molecular formula is C9H18O2. The van der Waals surface area contributed by atoms with Crippen LogP contribution in [0, 0.1) is 5.92 Å². The van der Waals surface area contributed by atoms with E-state index in [0.29, 0.717) is 5.78 Å². The molecule has 0 saturated heterocycles. The Kier molecular flexibility index (Phi) is 6.13. The summed E-state index contributed by atoms with van der Waals surface area (Å²) in [5.41, 5.74) is 0. The van der Waals surface area contributed by atoms with Crippen LogP contribution in [0.1, 0.15) is 33.1 Å². The molecule has 66 valence electrons. The van der Waals surface area contributed by atoms with Gasteiger partial charge in [-0.25, -0.2) is 0 Å². The van der Waals surface area contributed by atoms with E-state index in [1.807, 2.05) is 6.92 Å². The Bertz CT molecular complexity index is 110. The topological polar surface area (TPSA) is 26.3 Å². The minimum absolute atomic E-state index is 0.229. The van der Waals surface area contributed by atoms with Crippen LogP contribution in [0.5, 0.6) is 0 Å². The third kappa shape index (κ3) is 6.05. The summed E-state index contributed by atoms with van der Waals surface area (Å²) in [7, 11) is 1.70. The molecule has 0 aromatic heterocycles. The zero-order valence-electron chi connectivity index (χ0n) is 7.72. The summed E-state index contributed by atoms with van der Waals surface area (Å²) < 4.78 is 4.90. The summed E-state index contributed by atoms with van der Waals surface area (Å²) in [6.07, 6.45) is 3.15. The van der Waals surface area contributed by atoms with Crippen LogP contribution in [0.3, 0.4) is 0 Å². The van der Waals surface area contributed by atoms with Crippen LogP contribution in [-0.2, 0) is 9.53 Å². The Hall–Kier alpha value is -0.370. The van der Waals surface area contributed by atoms with Crippen molar-refractivity contribution in [2.24, 2.45) is 5.92 Å². The van der Waals surface area contributed by atoms with E-state index in [1.165, 1.54) is 0 Å². The minimum atomic E-state index is 0.229. The van der Waals surface area contributed by atoms with Gasteiger partial charge in [0.15, 0.2) is 0 Å². The monoisotopic (exact) mass is 158 g/mol. The fourth-order valence-electron chi connectivity index (χ4n) is 0.900. The molecule has 2 heteroatoms. The van der Waals surface area contributed by atoms with Crippen LogP contribution < -0.4 is 0 Å². The predicted octanol–water partition coefficient (Wildman–Crippen LogP) is 2.03. The Balaban J connectivity index is 3.17. The molecule has 0 aliphatic heterocycles. The normalized spacial score (nSPS) is 13.0. The number of ketones is 1. The standard InChI is InChI=1S/C9H18O2/c1-8(9(2)10)6-4-5-7-11-3/h8H,4-7H2,1-3H3. The zero-order valence-corrected chi connectivity index (χ0v) is 7.72. The van der Waals surface area contributed by atoms with E-state index >= 15 is 0 Å². The van der Waals surface area contributed by atoms with Gasteiger partial charge in [-0.05, 0) is 19.8 Å². The summed E-state index contributed by atoms with van der Waals surface area (Å²) in [6, 6.07) is 0. The average Bonchev–Trinajstić information content (AvgIpc) is 1.97. The lowest BCUT2D eigenvalue weighted by molar-refractivity contribution is -0.120. The van der Waals surface area contributed by atoms with Crippen molar-refractivity contribution in [3.05, 3.63) is 0 Å². The first kappa shape index (κ1) is 10.6. The number of hydrogen-bond donors (Lipinski definition) is 0. The molecule has 11 heavy (non-hydrogen) atoms. The van der Waals surface area contributed by atoms with Crippen molar-refractivity contribution in [3.8, 4) is 0 Å². The van der Waals surface area contributed by atoms with Gasteiger partial charge in [-0.2, -0.15) is 0 Å². The molecule has 1 unspecified atom stereocenters. The lowest BCUT2D eigenvalue weighted by Crippen LogP contribution is -2.06. The van der Waals surface area contributed by atoms with Crippen LogP contribution in [0.2, 0.25) is 0 Å². The fourth-order valence-corrected chi connectivity index (χ4v) is 0.900. The largest absolute Gasteiger partial charge is 0.385 e. The Labute approximate surface area is 68.9 Å². The highest BCUT2D eigenvalue weighted by atomic mass is 16.5. The molecule has 0 amide bonds. The van der Waals surface area contributed by atoms with Crippen LogP contribution in [0.25, 0.3) is 0 Å². The summed E-state index contributed by atoms with van der Waals surface area (Å²) in [6.45, 7) is 4.45. The van der Waals surface area contributed by atoms with Crippen molar-refractivity contribution in [1.82, 2.24) is 0 Å². The SMILES string of the molecule is COCCCCC(C)C(C)=O. The number of rotatable bonds is 6. The molecule has 0 aliphatic rings. The number of Topliss-reactive ketones (excluding diaryl/α,β-unsaturated/α-hetero) is 1. The van der Waals surface area contributed by atoms with Crippen molar-refractivity contribution >= 4 is 5.78 Å². The van der Waals surface area contributed by atoms with Crippen LogP contribution in [0.4, 0.5) is 0 Å². The molecule has 0 saturated carbocycles. The molecule has 0 bridgehead atoms. The second kappa shape index (κ2) is 6.35. The van der Waals surface area contributed by atoms with Gasteiger partial charge in [0.2, 0.25) is 0 Å². The van der Waals surface area contributed by atoms with Gasteiger partial charge in [0.1, 0.15) is 5.78 Å². The van der Waals surface area contributed by atoms with E-state index in [9.17, 15) is 4.79 Å². The Morgan fingerprint density at radius 2 is 2.09 bits per heavy atom. The molecule has 0 aliphatic carbocycles. The number of unbranched alkanes of at least 4 members (excludes halogenated alkanes) is 1. The van der Waals surface area contributed by atoms with Crippen molar-refractivity contribution in [2.45, 2.75) is 33.1 Å². The third-order valence-electron chi connectivity index (χ3n) is 1.93. The van der Waals surface area contributed by atoms with Gasteiger partial charge >= 0.3 is 0 Å². The van der Waals surface area contributed by atoms with Crippen molar-refractivity contribution in [2.75, 3.05) is 13.7 Å². The number of ether oxygens (including phenoxy) is 1. The van der Waals surface area contributed by atoms with E-state index in [4.69, 9.17) is 4.74 Å². The highest BCUT2D eigenvalue weighted by molar-refractivity contribution is 5.77. The second-order valence-corrected chi connectivity index (χ2v) is 3.00. The van der Waals surface area contributed by atoms with Gasteiger partial charge < -0.3 is 4.74 Å². The van der Waals surface area contributed by atoms with E-state index in [1.54, 1.807) is 14.0 Å². The van der Waals surface area contributed by atoms with E-state index in [2.05, 4.69) is 0 Å². The van der Waals surface area contributed by atoms with E-state index in [0.717, 1.165) is 25.9 Å². The molecule has 0 N–H and O–H groups in total. The van der Waals surface area contributed by atoms with Gasteiger partial charge in [0.05, 0.1) is 0 Å². The number of methoxy groups -OCH3 is 1. The first-order chi connectivity index (χ1) is 5.18. The van der Waals surface area contributed by atoms with Crippen LogP contribution >= 0.6 is 0 Å². The van der Waals surface area contributed by atoms with Gasteiger partial charge in [0, 0.05) is 19.6 Å². The van der Waals surface area contributed by atoms with Crippen molar-refractivity contribution < 1.29 is 9.53 Å². The lowest BCUT2D eigenvalue weighted by Gasteiger charge is -2.05. The zero-order chi connectivity index (χ0) is 8.69. The van der Waals surface area contributed by atoms with Gasteiger partial charge in [-0.15, -0.1) is 0 Å². The van der Waals surface area contributed by atoms with Gasteiger partial charge in [-0.1, -0.05) is 13.3 Å². The summed E-state index contributed by atoms with van der Waals surface area (Å²) in [5.74, 6) is 0.522. The number of carbonyl (C=O) groups excluding carboxylic acids is 1. The third-order valence-corrected chi connectivity index (χ3v) is 1.93. The Morgan fingerprint density at radius 1 is 1.45 bits per heavy atom. The van der Waals surface area contributed by atoms with Crippen LogP contribution in [-0.4, -0.2) is 19.5 Å². The highest BCUT2D eigenvalue weighted by Gasteiger charge is 2.05. The summed E-state index contributed by atoms with van der Waals surface area (Å²) >= 11 is 0. The lowest BCUT2D eigenvalue weighted by atomic mass is 10.0. The summed E-state index contributed by atoms with van der Waals surface area (Å²) in [5, 5.41) is 0. The molecule has 0 radical (unpaired) electrons. The minimum Gasteiger partial charge on any atom is -0.385 e. The predicted molar refractivity (Wildman–Crippen MR) is 45.6 cm³/mol. The quantitative estimate of drug-likeness (QED) is 0.553. The molecule has 0 spiro atoms. The number of carbonyl (C=O) groups is 1. The molecule has 0 rings (SSSR count). The van der Waals surface area contributed by atoms with E-state index in [-0.39, 0.29) is 5.92 Å². The molecule has 1 atom stereocenters. The van der Waals surface area contributed by atoms with Crippen LogP contribution in [0.15, 0.2) is 0 Å². The first-order valence-corrected chi connectivity index (χ1v) is 4.18. The summed E-state index contributed by atoms with van der Waals surface area (Å²) in [4.78, 5) is 10.8. The molecule has 2 nitrogen and oxygen atoms in total. The fraction of sp³-hybridized carbons (Fsp3) is 0.889. The maximum atomic E-state index is 10.8. The molecule has 0 aromatic rings. The Morgan fingerprint density at radius 3 is 2.55 bits per heavy atom. The van der Waals surface area contributed by atoms with Gasteiger partial charge in [0.25, 0.3) is 0 Å². The number of hydrogen-bond acceptors (Lipinski definition) is 2. The molecule has 0 fully saturated rings. The van der Waals surface area contributed by atoms with Crippen molar-refractivity contribution in [1.29, 1.82) is 0 Å². The highest BCUT2D eigenvalue weighted by Crippen LogP contribution is 2.08. The maximum absolute atomic E-state index is 10.8. The molecular weight excluding hydrogens is 140 g/mol. The first-order valence-electron chi connectivity index (χ1n) is 4.18. The van der Waals surface area contributed by atoms with Gasteiger partial charge in [-0.3, -0.25) is 4.79 Å². The second-order valence-electron chi connectivity index (χ2n) is 3.00.